The molecule has 0 unspecified atom stereocenters. The van der Waals surface area contributed by atoms with E-state index in [1.165, 1.54) is 0 Å². The second-order valence-electron chi connectivity index (χ2n) is 7.89. The molecule has 0 radical (unpaired) electrons. The number of amides is 1. The number of rotatable bonds is 4. The lowest BCUT2D eigenvalue weighted by Crippen LogP contribution is -2.43. The summed E-state index contributed by atoms with van der Waals surface area (Å²) in [6.07, 6.45) is 1.83. The van der Waals surface area contributed by atoms with Crippen LogP contribution in [0.25, 0.3) is 0 Å². The van der Waals surface area contributed by atoms with Gasteiger partial charge in [-0.1, -0.05) is 17.7 Å². The number of hydrogen-bond donors (Lipinski definition) is 0. The summed E-state index contributed by atoms with van der Waals surface area (Å²) >= 11 is 0. The van der Waals surface area contributed by atoms with Crippen molar-refractivity contribution in [2.75, 3.05) is 7.05 Å². The summed E-state index contributed by atoms with van der Waals surface area (Å²) in [5.74, 6) is 0. The lowest BCUT2D eigenvalue weighted by Gasteiger charge is -2.35. The van der Waals surface area contributed by atoms with Gasteiger partial charge in [-0.25, -0.2) is 4.79 Å². The van der Waals surface area contributed by atoms with Crippen molar-refractivity contribution >= 4 is 16.2 Å². The molecule has 1 saturated carbocycles. The number of carbonyl (C=O) groups is 1. The lowest BCUT2D eigenvalue weighted by molar-refractivity contribution is 0.0141. The van der Waals surface area contributed by atoms with Gasteiger partial charge in [-0.3, -0.25) is 4.18 Å². The Morgan fingerprint density at radius 2 is 1.62 bits per heavy atom. The first-order valence-corrected chi connectivity index (χ1v) is 10.3. The van der Waals surface area contributed by atoms with E-state index in [0.29, 0.717) is 25.7 Å². The summed E-state index contributed by atoms with van der Waals surface area (Å²) in [5, 5.41) is 0. The van der Waals surface area contributed by atoms with Gasteiger partial charge in [0.25, 0.3) is 10.1 Å². The van der Waals surface area contributed by atoms with Crippen LogP contribution >= 0.6 is 0 Å². The molecule has 1 aromatic rings. The van der Waals surface area contributed by atoms with Crippen LogP contribution in [0.2, 0.25) is 0 Å². The van der Waals surface area contributed by atoms with Crippen LogP contribution in [0.4, 0.5) is 4.79 Å². The van der Waals surface area contributed by atoms with Crippen LogP contribution in [0.5, 0.6) is 0 Å². The van der Waals surface area contributed by atoms with Gasteiger partial charge in [0.1, 0.15) is 5.60 Å². The molecule has 146 valence electrons. The monoisotopic (exact) mass is 383 g/mol. The van der Waals surface area contributed by atoms with E-state index in [4.69, 9.17) is 8.92 Å². The molecule has 0 N–H and O–H groups in total. The third-order valence-corrected chi connectivity index (χ3v) is 5.82. The quantitative estimate of drug-likeness (QED) is 0.738. The predicted molar refractivity (Wildman–Crippen MR) is 99.5 cm³/mol. The summed E-state index contributed by atoms with van der Waals surface area (Å²) in [5.41, 5.74) is 0.461. The van der Waals surface area contributed by atoms with E-state index in [1.54, 1.807) is 36.2 Å². The average Bonchev–Trinajstić information content (AvgIpc) is 2.53. The smallest absolute Gasteiger partial charge is 0.410 e. The maximum absolute atomic E-state index is 12.4. The highest BCUT2D eigenvalue weighted by Gasteiger charge is 2.31. The van der Waals surface area contributed by atoms with E-state index in [1.807, 2.05) is 27.7 Å². The van der Waals surface area contributed by atoms with E-state index >= 15 is 0 Å². The molecule has 1 aliphatic carbocycles. The Kier molecular flexibility index (Phi) is 6.34. The zero-order chi connectivity index (χ0) is 19.5. The number of benzene rings is 1. The van der Waals surface area contributed by atoms with E-state index in [-0.39, 0.29) is 23.1 Å². The van der Waals surface area contributed by atoms with Crippen LogP contribution in [0, 0.1) is 6.92 Å². The molecule has 0 heterocycles. The summed E-state index contributed by atoms with van der Waals surface area (Å²) < 4.78 is 35.6. The third-order valence-electron chi connectivity index (χ3n) is 4.45. The summed E-state index contributed by atoms with van der Waals surface area (Å²) in [4.78, 5) is 13.9. The van der Waals surface area contributed by atoms with E-state index < -0.39 is 15.7 Å². The van der Waals surface area contributed by atoms with Crippen LogP contribution < -0.4 is 0 Å². The molecule has 1 fully saturated rings. The largest absolute Gasteiger partial charge is 0.444 e. The van der Waals surface area contributed by atoms with Gasteiger partial charge in [0.2, 0.25) is 0 Å². The van der Waals surface area contributed by atoms with Crippen molar-refractivity contribution in [1.82, 2.24) is 4.90 Å². The van der Waals surface area contributed by atoms with Gasteiger partial charge in [-0.2, -0.15) is 8.42 Å². The minimum Gasteiger partial charge on any atom is -0.444 e. The van der Waals surface area contributed by atoms with Gasteiger partial charge in [-0.15, -0.1) is 0 Å². The second-order valence-corrected chi connectivity index (χ2v) is 9.46. The maximum atomic E-state index is 12.4. The maximum Gasteiger partial charge on any atom is 0.410 e. The molecule has 7 heteroatoms. The van der Waals surface area contributed by atoms with Crippen molar-refractivity contribution < 1.29 is 22.1 Å². The highest BCUT2D eigenvalue weighted by Crippen LogP contribution is 2.28. The molecular weight excluding hydrogens is 354 g/mol. The Labute approximate surface area is 156 Å². The number of hydrogen-bond acceptors (Lipinski definition) is 5. The Bertz CT molecular complexity index is 713. The second kappa shape index (κ2) is 7.96. The van der Waals surface area contributed by atoms with Crippen molar-refractivity contribution in [3.63, 3.8) is 0 Å². The minimum atomic E-state index is -3.76. The number of ether oxygens (including phenoxy) is 1. The Hall–Kier alpha value is -1.60. The van der Waals surface area contributed by atoms with Crippen molar-refractivity contribution in [2.24, 2.45) is 0 Å². The third kappa shape index (κ3) is 5.71. The van der Waals surface area contributed by atoms with E-state index in [2.05, 4.69) is 0 Å². The number of nitrogens with zero attached hydrogens (tertiary/aromatic N) is 1. The fraction of sp³-hybridized carbons (Fsp3) is 0.632. The molecule has 0 spiro atoms. The first kappa shape index (κ1) is 20.7. The Morgan fingerprint density at radius 1 is 1.08 bits per heavy atom. The first-order chi connectivity index (χ1) is 12.0. The average molecular weight is 384 g/mol. The molecule has 1 aliphatic rings. The van der Waals surface area contributed by atoms with Crippen LogP contribution in [-0.4, -0.2) is 44.2 Å². The molecule has 0 atom stereocenters. The normalized spacial score (nSPS) is 21.3. The summed E-state index contributed by atoms with van der Waals surface area (Å²) in [6, 6.07) is 6.66. The van der Waals surface area contributed by atoms with Gasteiger partial charge >= 0.3 is 6.09 Å². The molecule has 0 aliphatic heterocycles. The molecular formula is C19H29NO5S. The zero-order valence-electron chi connectivity index (χ0n) is 16.2. The number of aryl methyl sites for hydroxylation is 1. The van der Waals surface area contributed by atoms with Crippen molar-refractivity contribution in [1.29, 1.82) is 0 Å². The van der Waals surface area contributed by atoms with Gasteiger partial charge in [0.15, 0.2) is 0 Å². The van der Waals surface area contributed by atoms with Gasteiger partial charge in [0.05, 0.1) is 11.0 Å². The summed E-state index contributed by atoms with van der Waals surface area (Å²) in [7, 11) is -2.03. The molecule has 0 bridgehead atoms. The fourth-order valence-corrected chi connectivity index (χ4v) is 4.08. The first-order valence-electron chi connectivity index (χ1n) is 8.94. The molecule has 0 aromatic heterocycles. The molecule has 26 heavy (non-hydrogen) atoms. The lowest BCUT2D eigenvalue weighted by atomic mass is 9.92. The SMILES string of the molecule is Cc1ccc(S(=O)(=O)O[C@H]2CC[C@@H](N(C)C(=O)OC(C)(C)C)CC2)cc1. The molecule has 0 saturated heterocycles. The van der Waals surface area contributed by atoms with E-state index in [9.17, 15) is 13.2 Å². The highest BCUT2D eigenvalue weighted by atomic mass is 32.2. The van der Waals surface area contributed by atoms with Gasteiger partial charge in [0, 0.05) is 13.1 Å². The topological polar surface area (TPSA) is 72.9 Å². The van der Waals surface area contributed by atoms with Gasteiger partial charge < -0.3 is 9.64 Å². The van der Waals surface area contributed by atoms with Crippen LogP contribution in [0.15, 0.2) is 29.2 Å². The fourth-order valence-electron chi connectivity index (χ4n) is 2.95. The van der Waals surface area contributed by atoms with Crippen molar-refractivity contribution in [2.45, 2.75) is 76.0 Å². The standard InChI is InChI=1S/C19H29NO5S/c1-14-6-12-17(13-7-14)26(22,23)25-16-10-8-15(9-11-16)20(5)18(21)24-19(2,3)4/h6-7,12-13,15-16H,8-11H2,1-5H3/t15-,16+. The predicted octanol–water partition coefficient (Wildman–Crippen LogP) is 3.88. The highest BCUT2D eigenvalue weighted by molar-refractivity contribution is 7.86. The molecule has 1 aromatic carbocycles. The minimum absolute atomic E-state index is 0.0341. The van der Waals surface area contributed by atoms with Crippen LogP contribution in [-0.2, 0) is 19.0 Å². The molecule has 2 rings (SSSR count). The Balaban J connectivity index is 1.90. The summed E-state index contributed by atoms with van der Waals surface area (Å²) in [6.45, 7) is 7.40. The van der Waals surface area contributed by atoms with E-state index in [0.717, 1.165) is 5.56 Å². The molecule has 1 amide bonds. The van der Waals surface area contributed by atoms with Gasteiger partial charge in [-0.05, 0) is 65.5 Å². The van der Waals surface area contributed by atoms with Crippen LogP contribution in [0.1, 0.15) is 52.0 Å². The van der Waals surface area contributed by atoms with Crippen LogP contribution in [0.3, 0.4) is 0 Å². The molecule has 6 nitrogen and oxygen atoms in total. The van der Waals surface area contributed by atoms with Crippen molar-refractivity contribution in [3.05, 3.63) is 29.8 Å². The Morgan fingerprint density at radius 3 is 2.12 bits per heavy atom. The number of carbonyl (C=O) groups excluding carboxylic acids is 1. The zero-order valence-corrected chi connectivity index (χ0v) is 17.0. The van der Waals surface area contributed by atoms with Crippen molar-refractivity contribution in [3.8, 4) is 0 Å².